The molecule has 1 aromatic rings. The average Bonchev–Trinajstić information content (AvgIpc) is 2.83. The van der Waals surface area contributed by atoms with E-state index in [1.165, 1.54) is 11.1 Å². The van der Waals surface area contributed by atoms with Gasteiger partial charge in [0.1, 0.15) is 0 Å². The molecule has 2 saturated heterocycles. The Kier molecular flexibility index (Phi) is 3.61. The van der Waals surface area contributed by atoms with E-state index >= 15 is 0 Å². The van der Waals surface area contributed by atoms with Gasteiger partial charge in [-0.2, -0.15) is 0 Å². The molecule has 19 heavy (non-hydrogen) atoms. The fourth-order valence-electron chi connectivity index (χ4n) is 3.83. The molecule has 1 aromatic carbocycles. The zero-order valence-electron chi connectivity index (χ0n) is 11.9. The van der Waals surface area contributed by atoms with Gasteiger partial charge in [-0.05, 0) is 37.4 Å². The predicted molar refractivity (Wildman–Crippen MR) is 77.1 cm³/mol. The Hall–Kier alpha value is -0.900. The summed E-state index contributed by atoms with van der Waals surface area (Å²) in [7, 11) is 2.24. The summed E-state index contributed by atoms with van der Waals surface area (Å²) in [6, 6.07) is 9.79. The van der Waals surface area contributed by atoms with Crippen LogP contribution in [0.2, 0.25) is 0 Å². The lowest BCUT2D eigenvalue weighted by Gasteiger charge is -2.43. The van der Waals surface area contributed by atoms with E-state index in [9.17, 15) is 5.11 Å². The van der Waals surface area contributed by atoms with Crippen molar-refractivity contribution >= 4 is 0 Å². The third-order valence-corrected chi connectivity index (χ3v) is 4.88. The van der Waals surface area contributed by atoms with Crippen molar-refractivity contribution in [2.45, 2.75) is 25.4 Å². The molecule has 0 spiro atoms. The average molecular weight is 260 g/mol. The van der Waals surface area contributed by atoms with Gasteiger partial charge in [0.15, 0.2) is 0 Å². The molecule has 2 fully saturated rings. The molecule has 0 bridgehead atoms. The summed E-state index contributed by atoms with van der Waals surface area (Å²) in [4.78, 5) is 5.07. The largest absolute Gasteiger partial charge is 0.396 e. The Bertz CT molecular complexity index is 448. The Morgan fingerprint density at radius 1 is 1.26 bits per heavy atom. The molecule has 2 heterocycles. The van der Waals surface area contributed by atoms with E-state index in [0.29, 0.717) is 24.6 Å². The highest BCUT2D eigenvalue weighted by molar-refractivity contribution is 5.31. The third-order valence-electron chi connectivity index (χ3n) is 4.88. The van der Waals surface area contributed by atoms with Crippen molar-refractivity contribution < 1.29 is 5.11 Å². The van der Waals surface area contributed by atoms with Crippen LogP contribution in [0.3, 0.4) is 0 Å². The van der Waals surface area contributed by atoms with Gasteiger partial charge in [-0.15, -0.1) is 0 Å². The summed E-state index contributed by atoms with van der Waals surface area (Å²) in [5, 5.41) is 9.45. The van der Waals surface area contributed by atoms with Crippen molar-refractivity contribution in [2.75, 3.05) is 33.3 Å². The van der Waals surface area contributed by atoms with Crippen molar-refractivity contribution in [2.24, 2.45) is 5.92 Å². The number of piperazine rings is 1. The number of aliphatic hydroxyl groups excluding tert-OH is 1. The summed E-state index contributed by atoms with van der Waals surface area (Å²) >= 11 is 0. The minimum Gasteiger partial charge on any atom is -0.396 e. The maximum atomic E-state index is 9.45. The number of hydrogen-bond donors (Lipinski definition) is 1. The summed E-state index contributed by atoms with van der Waals surface area (Å²) < 4.78 is 0. The zero-order valence-corrected chi connectivity index (χ0v) is 11.9. The van der Waals surface area contributed by atoms with Crippen LogP contribution in [0.15, 0.2) is 24.3 Å². The maximum absolute atomic E-state index is 9.45. The van der Waals surface area contributed by atoms with E-state index in [2.05, 4.69) is 48.0 Å². The predicted octanol–water partition coefficient (Wildman–Crippen LogP) is 1.66. The molecular formula is C16H24N2O. The highest BCUT2D eigenvalue weighted by Crippen LogP contribution is 2.38. The molecule has 0 amide bonds. The van der Waals surface area contributed by atoms with E-state index in [1.54, 1.807) is 0 Å². The van der Waals surface area contributed by atoms with E-state index in [0.717, 1.165) is 26.1 Å². The number of fused-ring (bicyclic) bond motifs is 1. The number of aliphatic hydroxyl groups is 1. The highest BCUT2D eigenvalue weighted by atomic mass is 16.3. The monoisotopic (exact) mass is 260 g/mol. The van der Waals surface area contributed by atoms with Gasteiger partial charge in [-0.1, -0.05) is 24.3 Å². The summed E-state index contributed by atoms with van der Waals surface area (Å²) in [5.74, 6) is 0.461. The second-order valence-corrected chi connectivity index (χ2v) is 6.13. The zero-order chi connectivity index (χ0) is 13.4. The molecule has 1 N–H and O–H groups in total. The van der Waals surface area contributed by atoms with Gasteiger partial charge in [0, 0.05) is 32.3 Å². The molecule has 3 heteroatoms. The molecule has 104 valence electrons. The lowest BCUT2D eigenvalue weighted by atomic mass is 9.90. The number of likely N-dealkylation sites (N-methyl/N-ethyl adjacent to an activating group) is 1. The first-order chi connectivity index (χ1) is 9.20. The highest BCUT2D eigenvalue weighted by Gasteiger charge is 2.42. The normalized spacial score (nSPS) is 32.5. The molecule has 2 aliphatic rings. The van der Waals surface area contributed by atoms with E-state index < -0.39 is 0 Å². The number of aryl methyl sites for hydroxylation is 1. The first-order valence-electron chi connectivity index (χ1n) is 7.31. The van der Waals surface area contributed by atoms with Gasteiger partial charge in [0.25, 0.3) is 0 Å². The van der Waals surface area contributed by atoms with Gasteiger partial charge in [0.05, 0.1) is 6.04 Å². The fourth-order valence-corrected chi connectivity index (χ4v) is 3.83. The molecule has 0 saturated carbocycles. The van der Waals surface area contributed by atoms with Crippen LogP contribution in [-0.4, -0.2) is 54.2 Å². The number of nitrogens with zero attached hydrogens (tertiary/aromatic N) is 2. The summed E-state index contributed by atoms with van der Waals surface area (Å²) in [6.45, 7) is 5.86. The van der Waals surface area contributed by atoms with Crippen LogP contribution >= 0.6 is 0 Å². The van der Waals surface area contributed by atoms with Crippen LogP contribution in [0.1, 0.15) is 23.6 Å². The topological polar surface area (TPSA) is 26.7 Å². The lowest BCUT2D eigenvalue weighted by Crippen LogP contribution is -2.50. The lowest BCUT2D eigenvalue weighted by molar-refractivity contribution is 0.0609. The second-order valence-electron chi connectivity index (χ2n) is 6.13. The van der Waals surface area contributed by atoms with Crippen LogP contribution in [0.5, 0.6) is 0 Å². The third kappa shape index (κ3) is 2.31. The first-order valence-corrected chi connectivity index (χ1v) is 7.31. The van der Waals surface area contributed by atoms with Crippen molar-refractivity contribution in [1.29, 1.82) is 0 Å². The van der Waals surface area contributed by atoms with Gasteiger partial charge in [-0.3, -0.25) is 9.80 Å². The second kappa shape index (κ2) is 5.23. The van der Waals surface area contributed by atoms with Crippen LogP contribution in [-0.2, 0) is 0 Å². The van der Waals surface area contributed by atoms with Crippen LogP contribution < -0.4 is 0 Å². The van der Waals surface area contributed by atoms with Crippen LogP contribution in [0.4, 0.5) is 0 Å². The maximum Gasteiger partial charge on any atom is 0.0503 e. The molecule has 3 unspecified atom stereocenters. The minimum atomic E-state index is 0.331. The van der Waals surface area contributed by atoms with Crippen LogP contribution in [0, 0.1) is 12.8 Å². The Labute approximate surface area is 115 Å². The number of rotatable bonds is 2. The van der Waals surface area contributed by atoms with Gasteiger partial charge < -0.3 is 5.11 Å². The SMILES string of the molecule is Cc1ccccc1C1C2CC(CO)CN2CCN1C. The molecule has 0 radical (unpaired) electrons. The molecule has 3 atom stereocenters. The summed E-state index contributed by atoms with van der Waals surface area (Å²) in [5.41, 5.74) is 2.84. The van der Waals surface area contributed by atoms with Gasteiger partial charge >= 0.3 is 0 Å². The quantitative estimate of drug-likeness (QED) is 0.876. The van der Waals surface area contributed by atoms with Gasteiger partial charge in [-0.25, -0.2) is 0 Å². The molecule has 3 rings (SSSR count). The Morgan fingerprint density at radius 3 is 2.79 bits per heavy atom. The summed E-state index contributed by atoms with van der Waals surface area (Å²) in [6.07, 6.45) is 1.12. The van der Waals surface area contributed by atoms with E-state index in [1.807, 2.05) is 0 Å². The standard InChI is InChI=1S/C16H24N2O/c1-12-5-3-4-6-14(12)16-15-9-13(11-19)10-18(15)8-7-17(16)2/h3-6,13,15-16,19H,7-11H2,1-2H3. The van der Waals surface area contributed by atoms with Gasteiger partial charge in [0.2, 0.25) is 0 Å². The molecule has 2 aliphatic heterocycles. The molecular weight excluding hydrogens is 236 g/mol. The van der Waals surface area contributed by atoms with E-state index in [4.69, 9.17) is 0 Å². The fraction of sp³-hybridized carbons (Fsp3) is 0.625. The van der Waals surface area contributed by atoms with E-state index in [-0.39, 0.29) is 0 Å². The Morgan fingerprint density at radius 2 is 2.05 bits per heavy atom. The van der Waals surface area contributed by atoms with Crippen LogP contribution in [0.25, 0.3) is 0 Å². The molecule has 0 aromatic heterocycles. The smallest absolute Gasteiger partial charge is 0.0503 e. The minimum absolute atomic E-state index is 0.331. The number of hydrogen-bond acceptors (Lipinski definition) is 3. The van der Waals surface area contributed by atoms with Crippen molar-refractivity contribution in [3.8, 4) is 0 Å². The molecule has 0 aliphatic carbocycles. The molecule has 3 nitrogen and oxygen atoms in total. The Balaban J connectivity index is 1.92. The van der Waals surface area contributed by atoms with Crippen molar-refractivity contribution in [1.82, 2.24) is 9.80 Å². The number of benzene rings is 1. The van der Waals surface area contributed by atoms with Crippen molar-refractivity contribution in [3.05, 3.63) is 35.4 Å². The van der Waals surface area contributed by atoms with Crippen molar-refractivity contribution in [3.63, 3.8) is 0 Å². The first kappa shape index (κ1) is 13.1.